The van der Waals surface area contributed by atoms with Crippen LogP contribution in [0.4, 0.5) is 5.69 Å². The Balaban J connectivity index is 2.35. The molecule has 110 valence electrons. The third-order valence-corrected chi connectivity index (χ3v) is 3.63. The van der Waals surface area contributed by atoms with Gasteiger partial charge in [0, 0.05) is 12.2 Å². The smallest absolute Gasteiger partial charge is 0.0683 e. The van der Waals surface area contributed by atoms with Gasteiger partial charge in [-0.15, -0.1) is 0 Å². The first-order valence-electron chi connectivity index (χ1n) is 7.45. The van der Waals surface area contributed by atoms with Gasteiger partial charge in [0.15, 0.2) is 0 Å². The molecule has 0 radical (unpaired) electrons. The number of rotatable bonds is 8. The van der Waals surface area contributed by atoms with Crippen molar-refractivity contribution in [2.24, 2.45) is 5.41 Å². The van der Waals surface area contributed by atoms with Gasteiger partial charge >= 0.3 is 0 Å². The van der Waals surface area contributed by atoms with E-state index in [1.807, 2.05) is 32.0 Å². The van der Waals surface area contributed by atoms with Crippen molar-refractivity contribution in [1.82, 2.24) is 4.90 Å². The molecule has 1 rings (SSSR count). The molecule has 0 bridgehead atoms. The highest BCUT2D eigenvalue weighted by Crippen LogP contribution is 2.21. The van der Waals surface area contributed by atoms with Crippen molar-refractivity contribution < 1.29 is 0 Å². The van der Waals surface area contributed by atoms with Crippen molar-refractivity contribution in [3.8, 4) is 6.07 Å². The summed E-state index contributed by atoms with van der Waals surface area (Å²) in [5.41, 5.74) is 7.72. The zero-order chi connectivity index (χ0) is 15.0. The zero-order valence-electron chi connectivity index (χ0n) is 13.0. The maximum absolute atomic E-state index is 9.00. The molecule has 20 heavy (non-hydrogen) atoms. The first-order valence-corrected chi connectivity index (χ1v) is 7.45. The zero-order valence-corrected chi connectivity index (χ0v) is 13.0. The molecule has 0 heterocycles. The number of nitrogens with two attached hydrogens (primary N) is 1. The van der Waals surface area contributed by atoms with E-state index in [0.717, 1.165) is 44.6 Å². The normalized spacial score (nSPS) is 11.6. The Morgan fingerprint density at radius 1 is 1.30 bits per heavy atom. The van der Waals surface area contributed by atoms with Crippen LogP contribution in [0.3, 0.4) is 0 Å². The summed E-state index contributed by atoms with van der Waals surface area (Å²) in [6.45, 7) is 9.27. The Morgan fingerprint density at radius 3 is 2.65 bits per heavy atom. The predicted molar refractivity (Wildman–Crippen MR) is 85.1 cm³/mol. The second-order valence-electron chi connectivity index (χ2n) is 6.07. The Kier molecular flexibility index (Phi) is 6.54. The third-order valence-electron chi connectivity index (χ3n) is 3.63. The largest absolute Gasteiger partial charge is 0.399 e. The Hall–Kier alpha value is -1.53. The lowest BCUT2D eigenvalue weighted by Crippen LogP contribution is -2.24. The van der Waals surface area contributed by atoms with Crippen LogP contribution in [-0.2, 0) is 6.54 Å². The standard InChI is InChI=1S/C17H27N3/c1-4-20(11-6-5-10-17(2,3)14-18)13-15-8-7-9-16(19)12-15/h7-9,12H,4-6,10-11,13,19H2,1-3H3. The molecule has 1 aromatic rings. The van der Waals surface area contributed by atoms with Crippen LogP contribution < -0.4 is 5.73 Å². The number of unbranched alkanes of at least 4 members (excludes halogenated alkanes) is 1. The summed E-state index contributed by atoms with van der Waals surface area (Å²) in [6, 6.07) is 10.5. The quantitative estimate of drug-likeness (QED) is 0.579. The fourth-order valence-electron chi connectivity index (χ4n) is 2.26. The van der Waals surface area contributed by atoms with Crippen molar-refractivity contribution in [3.05, 3.63) is 29.8 Å². The minimum atomic E-state index is -0.190. The number of hydrogen-bond acceptors (Lipinski definition) is 3. The monoisotopic (exact) mass is 273 g/mol. The summed E-state index contributed by atoms with van der Waals surface area (Å²) in [6.07, 6.45) is 3.22. The van der Waals surface area contributed by atoms with Crippen LogP contribution in [0, 0.1) is 16.7 Å². The maximum atomic E-state index is 9.00. The molecule has 0 fully saturated rings. The van der Waals surface area contributed by atoms with Crippen LogP contribution in [0.5, 0.6) is 0 Å². The molecule has 0 aliphatic rings. The number of anilines is 1. The Bertz CT molecular complexity index is 446. The molecule has 0 aliphatic carbocycles. The van der Waals surface area contributed by atoms with E-state index >= 15 is 0 Å². The van der Waals surface area contributed by atoms with Gasteiger partial charge in [-0.1, -0.05) is 25.5 Å². The molecule has 0 aliphatic heterocycles. The lowest BCUT2D eigenvalue weighted by molar-refractivity contribution is 0.267. The molecule has 2 N–H and O–H groups in total. The van der Waals surface area contributed by atoms with Gasteiger partial charge in [0.1, 0.15) is 0 Å². The second-order valence-corrected chi connectivity index (χ2v) is 6.07. The van der Waals surface area contributed by atoms with Gasteiger partial charge in [0.25, 0.3) is 0 Å². The number of nitrogen functional groups attached to an aromatic ring is 1. The van der Waals surface area contributed by atoms with E-state index in [1.165, 1.54) is 5.56 Å². The van der Waals surface area contributed by atoms with E-state index < -0.39 is 0 Å². The average molecular weight is 273 g/mol. The summed E-state index contributed by atoms with van der Waals surface area (Å²) < 4.78 is 0. The minimum absolute atomic E-state index is 0.190. The molecule has 0 amide bonds. The molecule has 0 unspecified atom stereocenters. The van der Waals surface area contributed by atoms with Gasteiger partial charge in [-0.25, -0.2) is 0 Å². The second kappa shape index (κ2) is 7.91. The lowest BCUT2D eigenvalue weighted by atomic mass is 9.89. The fraction of sp³-hybridized carbons (Fsp3) is 0.588. The van der Waals surface area contributed by atoms with Crippen molar-refractivity contribution in [2.45, 2.75) is 46.6 Å². The van der Waals surface area contributed by atoms with Crippen LogP contribution in [0.1, 0.15) is 45.6 Å². The van der Waals surface area contributed by atoms with Crippen molar-refractivity contribution in [2.75, 3.05) is 18.8 Å². The van der Waals surface area contributed by atoms with Crippen LogP contribution in [0.25, 0.3) is 0 Å². The van der Waals surface area contributed by atoms with E-state index in [4.69, 9.17) is 11.0 Å². The SMILES string of the molecule is CCN(CCCCC(C)(C)C#N)Cc1cccc(N)c1. The van der Waals surface area contributed by atoms with Gasteiger partial charge in [0.05, 0.1) is 11.5 Å². The number of benzene rings is 1. The average Bonchev–Trinajstić information content (AvgIpc) is 2.42. The van der Waals surface area contributed by atoms with Gasteiger partial charge in [-0.2, -0.15) is 5.26 Å². The first kappa shape index (κ1) is 16.5. The van der Waals surface area contributed by atoms with E-state index in [2.05, 4.69) is 24.0 Å². The minimum Gasteiger partial charge on any atom is -0.399 e. The Morgan fingerprint density at radius 2 is 2.05 bits per heavy atom. The molecule has 0 spiro atoms. The van der Waals surface area contributed by atoms with Gasteiger partial charge < -0.3 is 5.73 Å². The third kappa shape index (κ3) is 6.08. The molecular formula is C17H27N3. The molecule has 0 atom stereocenters. The molecule has 0 saturated heterocycles. The lowest BCUT2D eigenvalue weighted by Gasteiger charge is -2.21. The van der Waals surface area contributed by atoms with E-state index in [1.54, 1.807) is 0 Å². The topological polar surface area (TPSA) is 53.0 Å². The molecule has 0 saturated carbocycles. The summed E-state index contributed by atoms with van der Waals surface area (Å²) in [5.74, 6) is 0. The molecule has 0 aromatic heterocycles. The number of nitrogens with zero attached hydrogens (tertiary/aromatic N) is 2. The number of nitriles is 1. The van der Waals surface area contributed by atoms with Crippen molar-refractivity contribution in [3.63, 3.8) is 0 Å². The summed E-state index contributed by atoms with van der Waals surface area (Å²) in [4.78, 5) is 2.42. The molecule has 3 heteroatoms. The Labute approximate surface area is 123 Å². The summed E-state index contributed by atoms with van der Waals surface area (Å²) >= 11 is 0. The molecule has 3 nitrogen and oxygen atoms in total. The maximum Gasteiger partial charge on any atom is 0.0683 e. The fourth-order valence-corrected chi connectivity index (χ4v) is 2.26. The first-order chi connectivity index (χ1) is 9.46. The summed E-state index contributed by atoms with van der Waals surface area (Å²) in [5, 5.41) is 9.00. The van der Waals surface area contributed by atoms with E-state index in [9.17, 15) is 0 Å². The van der Waals surface area contributed by atoms with Gasteiger partial charge in [-0.3, -0.25) is 4.90 Å². The van der Waals surface area contributed by atoms with Crippen LogP contribution in [-0.4, -0.2) is 18.0 Å². The highest BCUT2D eigenvalue weighted by atomic mass is 15.1. The van der Waals surface area contributed by atoms with Gasteiger partial charge in [0.2, 0.25) is 0 Å². The van der Waals surface area contributed by atoms with Crippen LogP contribution in [0.2, 0.25) is 0 Å². The van der Waals surface area contributed by atoms with E-state index in [-0.39, 0.29) is 5.41 Å². The van der Waals surface area contributed by atoms with Crippen LogP contribution in [0.15, 0.2) is 24.3 Å². The number of hydrogen-bond donors (Lipinski definition) is 1. The summed E-state index contributed by atoms with van der Waals surface area (Å²) in [7, 11) is 0. The highest BCUT2D eigenvalue weighted by molar-refractivity contribution is 5.40. The van der Waals surface area contributed by atoms with Gasteiger partial charge in [-0.05, 0) is 57.5 Å². The molecular weight excluding hydrogens is 246 g/mol. The van der Waals surface area contributed by atoms with Crippen molar-refractivity contribution in [1.29, 1.82) is 5.26 Å². The molecule has 1 aromatic carbocycles. The van der Waals surface area contributed by atoms with E-state index in [0.29, 0.717) is 0 Å². The highest BCUT2D eigenvalue weighted by Gasteiger charge is 2.15. The van der Waals surface area contributed by atoms with Crippen LogP contribution >= 0.6 is 0 Å². The predicted octanol–water partition coefficient (Wildman–Crippen LogP) is 3.81. The van der Waals surface area contributed by atoms with Crippen molar-refractivity contribution >= 4 is 5.69 Å².